The van der Waals surface area contributed by atoms with Crippen molar-refractivity contribution in [2.45, 2.75) is 25.3 Å². The Labute approximate surface area is 338 Å². The van der Waals surface area contributed by atoms with E-state index >= 15 is 0 Å². The number of para-hydroxylation sites is 1. The van der Waals surface area contributed by atoms with E-state index in [4.69, 9.17) is 14.4 Å². The second kappa shape index (κ2) is 14.1. The minimum absolute atomic E-state index is 0.000512. The van der Waals surface area contributed by atoms with Crippen molar-refractivity contribution in [2.75, 3.05) is 0 Å². The molecule has 3 atom stereocenters. The number of amidine groups is 1. The molecule has 1 aliphatic carbocycles. The van der Waals surface area contributed by atoms with Crippen molar-refractivity contribution < 1.29 is 4.42 Å². The minimum Gasteiger partial charge on any atom is -0.456 e. The van der Waals surface area contributed by atoms with Crippen molar-refractivity contribution in [3.63, 3.8) is 0 Å². The molecule has 0 N–H and O–H groups in total. The van der Waals surface area contributed by atoms with Crippen molar-refractivity contribution in [3.8, 4) is 22.3 Å². The molecule has 0 radical (unpaired) electrons. The molecular formula is C55H40N2O. The molecule has 3 heteroatoms. The van der Waals surface area contributed by atoms with Crippen molar-refractivity contribution in [3.05, 3.63) is 216 Å². The highest BCUT2D eigenvalue weighted by Gasteiger charge is 2.32. The van der Waals surface area contributed by atoms with Crippen LogP contribution in [0.2, 0.25) is 0 Å². The van der Waals surface area contributed by atoms with Crippen molar-refractivity contribution in [1.82, 2.24) is 0 Å². The molecule has 0 amide bonds. The summed E-state index contributed by atoms with van der Waals surface area (Å²) in [5.74, 6) is 1.06. The largest absolute Gasteiger partial charge is 0.456 e. The first-order valence-electron chi connectivity index (χ1n) is 20.3. The van der Waals surface area contributed by atoms with E-state index in [2.05, 4.69) is 201 Å². The third-order valence-corrected chi connectivity index (χ3v) is 12.1. The lowest BCUT2D eigenvalue weighted by Crippen LogP contribution is -2.26. The average molecular weight is 745 g/mol. The lowest BCUT2D eigenvalue weighted by molar-refractivity contribution is 0.578. The van der Waals surface area contributed by atoms with Crippen LogP contribution in [0.15, 0.2) is 209 Å². The van der Waals surface area contributed by atoms with Crippen molar-refractivity contribution in [1.29, 1.82) is 0 Å². The lowest BCUT2D eigenvalue weighted by atomic mass is 9.85. The van der Waals surface area contributed by atoms with Gasteiger partial charge in [-0.05, 0) is 79.5 Å². The average Bonchev–Trinajstić information content (AvgIpc) is 3.69. The predicted molar refractivity (Wildman–Crippen MR) is 243 cm³/mol. The summed E-state index contributed by atoms with van der Waals surface area (Å²) in [6, 6.07) is 60.8. The van der Waals surface area contributed by atoms with Gasteiger partial charge in [0.2, 0.25) is 0 Å². The lowest BCUT2D eigenvalue weighted by Gasteiger charge is -2.28. The van der Waals surface area contributed by atoms with Crippen LogP contribution in [0.4, 0.5) is 0 Å². The molecule has 276 valence electrons. The summed E-state index contributed by atoms with van der Waals surface area (Å²) in [4.78, 5) is 10.8. The van der Waals surface area contributed by atoms with Crippen LogP contribution in [0.1, 0.15) is 47.6 Å². The number of nitrogens with zero attached hydrogens (tertiary/aromatic N) is 2. The van der Waals surface area contributed by atoms with E-state index < -0.39 is 0 Å². The topological polar surface area (TPSA) is 37.9 Å². The van der Waals surface area contributed by atoms with E-state index in [1.165, 1.54) is 49.4 Å². The molecule has 0 bridgehead atoms. The summed E-state index contributed by atoms with van der Waals surface area (Å²) in [5, 5.41) is 7.00. The van der Waals surface area contributed by atoms with Crippen LogP contribution in [0, 0.1) is 5.92 Å². The maximum atomic E-state index is 7.13. The number of hydrogen-bond acceptors (Lipinski definition) is 3. The molecule has 9 aromatic rings. The van der Waals surface area contributed by atoms with E-state index in [-0.39, 0.29) is 12.0 Å². The molecule has 2 aliphatic rings. The Morgan fingerprint density at radius 1 is 0.552 bits per heavy atom. The molecule has 8 aromatic carbocycles. The van der Waals surface area contributed by atoms with E-state index in [9.17, 15) is 0 Å². The molecule has 1 aromatic heterocycles. The maximum absolute atomic E-state index is 7.13. The Kier molecular flexibility index (Phi) is 8.32. The standard InChI is InChI=1S/C55H40N2O/c1-35-52(39-21-9-4-10-22-39)56-55(41-29-28-38-20-11-12-23-40(38)30-41)57-53(35)48-27-15-26-47-51-46-25-14-13-24-45(46)49(34-50(51)58-54(47)48)44-32-42(36-16-5-2-6-17-36)31-43(33-44)37-18-7-3-8-19-37/h2-18,20-35,37,53H,19H2,1H3. The van der Waals surface area contributed by atoms with E-state index in [0.717, 1.165) is 56.6 Å². The number of hydrogen-bond donors (Lipinski definition) is 0. The Morgan fingerprint density at radius 3 is 2.09 bits per heavy atom. The van der Waals surface area contributed by atoms with Gasteiger partial charge >= 0.3 is 0 Å². The molecule has 0 saturated carbocycles. The zero-order valence-electron chi connectivity index (χ0n) is 32.2. The summed E-state index contributed by atoms with van der Waals surface area (Å²) < 4.78 is 7.13. The van der Waals surface area contributed by atoms with Gasteiger partial charge in [0.25, 0.3) is 0 Å². The molecule has 0 fully saturated rings. The van der Waals surface area contributed by atoms with Gasteiger partial charge in [-0.2, -0.15) is 0 Å². The molecular weight excluding hydrogens is 705 g/mol. The summed E-state index contributed by atoms with van der Waals surface area (Å²) in [6.45, 7) is 2.25. The first-order valence-corrected chi connectivity index (χ1v) is 20.3. The summed E-state index contributed by atoms with van der Waals surface area (Å²) in [7, 11) is 0. The first kappa shape index (κ1) is 34.2. The Morgan fingerprint density at radius 2 is 1.28 bits per heavy atom. The number of benzene rings is 8. The van der Waals surface area contributed by atoms with Crippen LogP contribution in [-0.4, -0.2) is 11.5 Å². The van der Waals surface area contributed by atoms with Crippen LogP contribution in [0.3, 0.4) is 0 Å². The number of rotatable bonds is 6. The van der Waals surface area contributed by atoms with Gasteiger partial charge in [0, 0.05) is 33.7 Å². The predicted octanol–water partition coefficient (Wildman–Crippen LogP) is 14.5. The molecule has 0 spiro atoms. The van der Waals surface area contributed by atoms with Gasteiger partial charge < -0.3 is 4.42 Å². The quantitative estimate of drug-likeness (QED) is 0.167. The minimum atomic E-state index is -0.216. The number of allylic oxidation sites excluding steroid dienone is 4. The molecule has 3 nitrogen and oxygen atoms in total. The fourth-order valence-electron chi connectivity index (χ4n) is 9.18. The van der Waals surface area contributed by atoms with Crippen LogP contribution in [0.25, 0.3) is 65.7 Å². The fraction of sp³-hybridized carbons (Fsp3) is 0.0909. The fourth-order valence-corrected chi connectivity index (χ4v) is 9.18. The van der Waals surface area contributed by atoms with Crippen LogP contribution in [-0.2, 0) is 0 Å². The van der Waals surface area contributed by atoms with Gasteiger partial charge in [0.05, 0.1) is 11.8 Å². The SMILES string of the molecule is CC1C(c2ccccc2)=NC(c2ccc3ccccc3c2)=NC1c1cccc2c1oc1cc(-c3cc(-c4ccccc4)cc(C4C=CC=CC4)c3)c3ccccc3c12. The Bertz CT molecular complexity index is 3170. The number of fused-ring (bicyclic) bond motifs is 6. The van der Waals surface area contributed by atoms with Gasteiger partial charge in [-0.1, -0.05) is 183 Å². The van der Waals surface area contributed by atoms with Gasteiger partial charge in [-0.15, -0.1) is 0 Å². The second-order valence-electron chi connectivity index (χ2n) is 15.6. The molecule has 11 rings (SSSR count). The van der Waals surface area contributed by atoms with Crippen LogP contribution >= 0.6 is 0 Å². The van der Waals surface area contributed by atoms with Crippen LogP contribution < -0.4 is 0 Å². The zero-order chi connectivity index (χ0) is 38.6. The van der Waals surface area contributed by atoms with E-state index in [1.54, 1.807) is 0 Å². The summed E-state index contributed by atoms with van der Waals surface area (Å²) >= 11 is 0. The molecule has 3 unspecified atom stereocenters. The van der Waals surface area contributed by atoms with Crippen molar-refractivity contribution >= 4 is 55.0 Å². The zero-order valence-corrected chi connectivity index (χ0v) is 32.2. The van der Waals surface area contributed by atoms with E-state index in [0.29, 0.717) is 5.92 Å². The molecule has 0 saturated heterocycles. The highest BCUT2D eigenvalue weighted by Crippen LogP contribution is 2.45. The third kappa shape index (κ3) is 5.90. The maximum Gasteiger partial charge on any atom is 0.155 e. The smallest absolute Gasteiger partial charge is 0.155 e. The number of furan rings is 1. The van der Waals surface area contributed by atoms with Crippen LogP contribution in [0.5, 0.6) is 0 Å². The Balaban J connectivity index is 1.11. The highest BCUT2D eigenvalue weighted by molar-refractivity contribution is 6.23. The van der Waals surface area contributed by atoms with Gasteiger partial charge in [-0.25, -0.2) is 4.99 Å². The van der Waals surface area contributed by atoms with Gasteiger partial charge in [0.15, 0.2) is 5.84 Å². The van der Waals surface area contributed by atoms with Crippen molar-refractivity contribution in [2.24, 2.45) is 15.9 Å². The highest BCUT2D eigenvalue weighted by atomic mass is 16.3. The molecule has 58 heavy (non-hydrogen) atoms. The monoisotopic (exact) mass is 744 g/mol. The van der Waals surface area contributed by atoms with Gasteiger partial charge in [0.1, 0.15) is 11.2 Å². The normalized spacial score (nSPS) is 17.9. The molecule has 1 aliphatic heterocycles. The van der Waals surface area contributed by atoms with Gasteiger partial charge in [-0.3, -0.25) is 4.99 Å². The Hall–Kier alpha value is -7.10. The molecule has 2 heterocycles. The third-order valence-electron chi connectivity index (χ3n) is 12.1. The number of aliphatic imine (C=N–C) groups is 2. The summed E-state index contributed by atoms with van der Waals surface area (Å²) in [5.41, 5.74) is 12.1. The van der Waals surface area contributed by atoms with E-state index in [1.807, 2.05) is 0 Å². The first-order chi connectivity index (χ1) is 28.7. The second-order valence-corrected chi connectivity index (χ2v) is 15.6. The summed E-state index contributed by atoms with van der Waals surface area (Å²) in [6.07, 6.45) is 9.90.